The first-order valence-electron chi connectivity index (χ1n) is 7.43. The highest BCUT2D eigenvalue weighted by Gasteiger charge is 2.06. The molecule has 0 unspecified atom stereocenters. The molecule has 132 valence electrons. The highest BCUT2D eigenvalue weighted by molar-refractivity contribution is 6.30. The van der Waals surface area contributed by atoms with Crippen LogP contribution in [0.3, 0.4) is 0 Å². The third kappa shape index (κ3) is 6.64. The number of anilines is 1. The summed E-state index contributed by atoms with van der Waals surface area (Å²) in [5.74, 6) is 0.582. The normalized spacial score (nSPS) is 10.1. The summed E-state index contributed by atoms with van der Waals surface area (Å²) in [5.41, 5.74) is -0.0693. The Kier molecular flexibility index (Phi) is 6.97. The van der Waals surface area contributed by atoms with Crippen LogP contribution in [0.4, 0.5) is 11.5 Å². The Hall–Kier alpha value is -2.87. The minimum absolute atomic E-state index is 0.0693. The van der Waals surface area contributed by atoms with Crippen LogP contribution in [0.5, 0.6) is 5.75 Å². The van der Waals surface area contributed by atoms with Crippen molar-refractivity contribution in [2.45, 2.75) is 6.42 Å². The largest absolute Gasteiger partial charge is 0.482 e. The average molecular weight is 366 g/mol. The predicted molar refractivity (Wildman–Crippen MR) is 91.9 cm³/mol. The van der Waals surface area contributed by atoms with Gasteiger partial charge in [0.15, 0.2) is 6.61 Å². The lowest BCUT2D eigenvalue weighted by Gasteiger charge is -2.08. The maximum atomic E-state index is 11.5. The quantitative estimate of drug-likeness (QED) is 0.315. The number of benzene rings is 1. The number of nitrogens with one attached hydrogen (secondary N) is 1. The third-order valence-electron chi connectivity index (χ3n) is 3.02. The third-order valence-corrected chi connectivity index (χ3v) is 3.27. The summed E-state index contributed by atoms with van der Waals surface area (Å²) in [6, 6.07) is 9.54. The van der Waals surface area contributed by atoms with E-state index >= 15 is 0 Å². The number of esters is 1. The van der Waals surface area contributed by atoms with Gasteiger partial charge in [0.1, 0.15) is 17.8 Å². The summed E-state index contributed by atoms with van der Waals surface area (Å²) in [5, 5.41) is 14.1. The average Bonchev–Trinajstić information content (AvgIpc) is 2.61. The molecule has 1 N–H and O–H groups in total. The molecule has 0 aliphatic heterocycles. The number of hydrogen-bond acceptors (Lipinski definition) is 7. The molecular formula is C16H16ClN3O5. The Morgan fingerprint density at radius 2 is 2.00 bits per heavy atom. The minimum atomic E-state index is -0.512. The van der Waals surface area contributed by atoms with Crippen molar-refractivity contribution in [1.29, 1.82) is 0 Å². The van der Waals surface area contributed by atoms with Gasteiger partial charge in [0.05, 0.1) is 11.5 Å². The van der Waals surface area contributed by atoms with E-state index in [-0.39, 0.29) is 18.9 Å². The minimum Gasteiger partial charge on any atom is -0.482 e. The van der Waals surface area contributed by atoms with Crippen LogP contribution >= 0.6 is 11.6 Å². The Morgan fingerprint density at radius 3 is 2.64 bits per heavy atom. The van der Waals surface area contributed by atoms with Crippen molar-refractivity contribution in [3.63, 3.8) is 0 Å². The number of aromatic nitrogens is 1. The van der Waals surface area contributed by atoms with Crippen LogP contribution in [-0.2, 0) is 9.53 Å². The van der Waals surface area contributed by atoms with Crippen molar-refractivity contribution in [1.82, 2.24) is 4.98 Å². The molecule has 0 aliphatic rings. The second-order valence-corrected chi connectivity index (χ2v) is 5.34. The van der Waals surface area contributed by atoms with Crippen LogP contribution in [0.15, 0.2) is 42.6 Å². The van der Waals surface area contributed by atoms with Crippen molar-refractivity contribution in [3.05, 3.63) is 57.7 Å². The van der Waals surface area contributed by atoms with Crippen molar-refractivity contribution >= 4 is 29.1 Å². The second kappa shape index (κ2) is 9.43. The molecule has 1 aromatic carbocycles. The Morgan fingerprint density at radius 1 is 1.24 bits per heavy atom. The lowest BCUT2D eigenvalue weighted by Crippen LogP contribution is -2.17. The van der Waals surface area contributed by atoms with E-state index in [1.165, 1.54) is 18.3 Å². The summed E-state index contributed by atoms with van der Waals surface area (Å²) in [7, 11) is 0. The number of pyridine rings is 1. The van der Waals surface area contributed by atoms with E-state index in [4.69, 9.17) is 21.1 Å². The number of ether oxygens (including phenoxy) is 2. The molecule has 0 atom stereocenters. The highest BCUT2D eigenvalue weighted by atomic mass is 35.5. The molecule has 0 amide bonds. The van der Waals surface area contributed by atoms with Crippen molar-refractivity contribution in [2.75, 3.05) is 25.1 Å². The SMILES string of the molecule is O=C(COc1ccc(Cl)cc1)OCCCNc1ccc([N+](=O)[O-])cn1. The summed E-state index contributed by atoms with van der Waals surface area (Å²) in [4.78, 5) is 25.5. The maximum absolute atomic E-state index is 11.5. The number of halogens is 1. The van der Waals surface area contributed by atoms with E-state index in [2.05, 4.69) is 10.3 Å². The first-order valence-corrected chi connectivity index (χ1v) is 7.81. The fourth-order valence-electron chi connectivity index (χ4n) is 1.79. The first kappa shape index (κ1) is 18.5. The van der Waals surface area contributed by atoms with Crippen LogP contribution in [0, 0.1) is 10.1 Å². The Balaban J connectivity index is 1.58. The van der Waals surface area contributed by atoms with Gasteiger partial charge in [-0.2, -0.15) is 0 Å². The molecule has 1 aromatic heterocycles. The molecule has 0 aliphatic carbocycles. The van der Waals surface area contributed by atoms with Gasteiger partial charge in [-0.05, 0) is 36.8 Å². The van der Waals surface area contributed by atoms with Gasteiger partial charge in [-0.25, -0.2) is 9.78 Å². The van der Waals surface area contributed by atoms with Gasteiger partial charge >= 0.3 is 5.97 Å². The molecule has 1 heterocycles. The Bertz CT molecular complexity index is 707. The molecule has 9 heteroatoms. The molecular weight excluding hydrogens is 350 g/mol. The Labute approximate surface area is 148 Å². The first-order chi connectivity index (χ1) is 12.0. The number of rotatable bonds is 9. The predicted octanol–water partition coefficient (Wildman–Crippen LogP) is 3.07. The smallest absolute Gasteiger partial charge is 0.344 e. The molecule has 8 nitrogen and oxygen atoms in total. The summed E-state index contributed by atoms with van der Waals surface area (Å²) in [6.07, 6.45) is 1.74. The topological polar surface area (TPSA) is 104 Å². The van der Waals surface area contributed by atoms with E-state index in [0.717, 1.165) is 0 Å². The number of carbonyl (C=O) groups is 1. The standard InChI is InChI=1S/C16H16ClN3O5/c17-12-2-5-14(6-3-12)25-11-16(21)24-9-1-8-18-15-7-4-13(10-19-15)20(22)23/h2-7,10H,1,8-9,11H2,(H,18,19). The number of carbonyl (C=O) groups excluding carboxylic acids is 1. The number of nitro groups is 1. The van der Waals surface area contributed by atoms with Crippen LogP contribution < -0.4 is 10.1 Å². The zero-order valence-corrected chi connectivity index (χ0v) is 13.9. The fraction of sp³-hybridized carbons (Fsp3) is 0.250. The van der Waals surface area contributed by atoms with E-state index in [1.807, 2.05) is 0 Å². The van der Waals surface area contributed by atoms with Crippen molar-refractivity contribution in [3.8, 4) is 5.75 Å². The van der Waals surface area contributed by atoms with Crippen LogP contribution in [-0.4, -0.2) is 35.6 Å². The monoisotopic (exact) mass is 365 g/mol. The fourth-order valence-corrected chi connectivity index (χ4v) is 1.91. The number of nitrogens with zero attached hydrogens (tertiary/aromatic N) is 2. The maximum Gasteiger partial charge on any atom is 0.344 e. The summed E-state index contributed by atoms with van der Waals surface area (Å²) < 4.78 is 10.3. The van der Waals surface area contributed by atoms with Crippen LogP contribution in [0.25, 0.3) is 0 Å². The molecule has 0 fully saturated rings. The zero-order valence-electron chi connectivity index (χ0n) is 13.2. The van der Waals surface area contributed by atoms with Gasteiger partial charge < -0.3 is 14.8 Å². The molecule has 0 saturated carbocycles. The molecule has 2 aromatic rings. The molecule has 0 radical (unpaired) electrons. The highest BCUT2D eigenvalue weighted by Crippen LogP contribution is 2.15. The molecule has 0 spiro atoms. The van der Waals surface area contributed by atoms with E-state index in [9.17, 15) is 14.9 Å². The molecule has 0 bridgehead atoms. The van der Waals surface area contributed by atoms with Gasteiger partial charge in [-0.15, -0.1) is 0 Å². The zero-order chi connectivity index (χ0) is 18.1. The number of hydrogen-bond donors (Lipinski definition) is 1. The molecule has 2 rings (SSSR count). The van der Waals surface area contributed by atoms with Crippen molar-refractivity contribution < 1.29 is 19.2 Å². The van der Waals surface area contributed by atoms with Gasteiger partial charge in [0.2, 0.25) is 0 Å². The summed E-state index contributed by atoms with van der Waals surface area (Å²) in [6.45, 7) is 0.553. The molecule has 25 heavy (non-hydrogen) atoms. The van der Waals surface area contributed by atoms with Crippen LogP contribution in [0.2, 0.25) is 5.02 Å². The van der Waals surface area contributed by atoms with E-state index in [0.29, 0.717) is 29.6 Å². The van der Waals surface area contributed by atoms with E-state index < -0.39 is 10.9 Å². The van der Waals surface area contributed by atoms with Gasteiger partial charge in [0.25, 0.3) is 5.69 Å². The van der Waals surface area contributed by atoms with Crippen molar-refractivity contribution in [2.24, 2.45) is 0 Å². The summed E-state index contributed by atoms with van der Waals surface area (Å²) >= 11 is 5.75. The second-order valence-electron chi connectivity index (χ2n) is 4.90. The van der Waals surface area contributed by atoms with Gasteiger partial charge in [0, 0.05) is 17.6 Å². The molecule has 0 saturated heterocycles. The van der Waals surface area contributed by atoms with Gasteiger partial charge in [-0.1, -0.05) is 11.6 Å². The lowest BCUT2D eigenvalue weighted by molar-refractivity contribution is -0.385. The lowest BCUT2D eigenvalue weighted by atomic mass is 10.3. The van der Waals surface area contributed by atoms with Gasteiger partial charge in [-0.3, -0.25) is 10.1 Å². The van der Waals surface area contributed by atoms with Crippen LogP contribution in [0.1, 0.15) is 6.42 Å². The van der Waals surface area contributed by atoms with E-state index in [1.54, 1.807) is 24.3 Å².